The molecule has 242 valence electrons. The van der Waals surface area contributed by atoms with E-state index in [0.29, 0.717) is 5.56 Å². The van der Waals surface area contributed by atoms with Gasteiger partial charge in [0.2, 0.25) is 0 Å². The summed E-state index contributed by atoms with van der Waals surface area (Å²) in [6.45, 7) is 1.96. The molecule has 0 fully saturated rings. The first-order valence-corrected chi connectivity index (χ1v) is 15.4. The fourth-order valence-corrected chi connectivity index (χ4v) is 5.80. The van der Waals surface area contributed by atoms with Crippen molar-refractivity contribution in [1.29, 1.82) is 0 Å². The first-order valence-electron chi connectivity index (χ1n) is 13.5. The molecule has 0 unspecified atom stereocenters. The number of hydrogen-bond acceptors (Lipinski definition) is 7. The lowest BCUT2D eigenvalue weighted by Gasteiger charge is -2.17. The van der Waals surface area contributed by atoms with E-state index in [1.54, 1.807) is 0 Å². The minimum absolute atomic E-state index is 0.110. The second-order valence-electron chi connectivity index (χ2n) is 10.3. The molecule has 0 saturated carbocycles. The van der Waals surface area contributed by atoms with Gasteiger partial charge in [0.15, 0.2) is 9.84 Å². The minimum Gasteiger partial charge on any atom is -0.406 e. The maximum atomic E-state index is 15.1. The van der Waals surface area contributed by atoms with Crippen molar-refractivity contribution in [3.05, 3.63) is 89.9 Å². The molecule has 0 aliphatic rings. The summed E-state index contributed by atoms with van der Waals surface area (Å²) in [5.74, 6) is -4.48. The van der Waals surface area contributed by atoms with Crippen LogP contribution in [-0.2, 0) is 22.4 Å². The molecular weight excluding hydrogens is 640 g/mol. The number of alkyl halides is 5. The molecule has 0 amide bonds. The first kappa shape index (κ1) is 32.7. The molecule has 0 aliphatic carbocycles. The van der Waals surface area contributed by atoms with Crippen LogP contribution >= 0.6 is 0 Å². The molecule has 2 aromatic heterocycles. The summed E-state index contributed by atoms with van der Waals surface area (Å²) in [7, 11) is -3.97. The third-order valence-electron chi connectivity index (χ3n) is 7.14. The fourth-order valence-electron chi connectivity index (χ4n) is 4.85. The van der Waals surface area contributed by atoms with Gasteiger partial charge in [0.05, 0.1) is 34.8 Å². The van der Waals surface area contributed by atoms with Gasteiger partial charge in [-0.15, -0.1) is 18.3 Å². The van der Waals surface area contributed by atoms with Crippen molar-refractivity contribution in [2.45, 2.75) is 44.1 Å². The fraction of sp³-hybridized carbons (Fsp3) is 0.233. The van der Waals surface area contributed by atoms with E-state index >= 15 is 4.39 Å². The van der Waals surface area contributed by atoms with Crippen LogP contribution < -0.4 is 4.74 Å². The lowest BCUT2D eigenvalue weighted by atomic mass is 10.0. The molecule has 16 heteroatoms. The Balaban J connectivity index is 1.73. The molecule has 0 saturated heterocycles. The van der Waals surface area contributed by atoms with Crippen LogP contribution in [0.3, 0.4) is 0 Å². The number of aryl methyl sites for hydroxylation is 1. The number of imidazole rings is 1. The summed E-state index contributed by atoms with van der Waals surface area (Å²) < 4.78 is 114. The number of sulfone groups is 1. The molecular formula is C30H25F6N5O4S. The monoisotopic (exact) mass is 665 g/mol. The van der Waals surface area contributed by atoms with E-state index in [9.17, 15) is 35.5 Å². The van der Waals surface area contributed by atoms with E-state index in [1.807, 2.05) is 0 Å². The Kier molecular flexibility index (Phi) is 8.46. The number of ether oxygens (including phenoxy) is 1. The largest absolute Gasteiger partial charge is 0.573 e. The molecule has 0 spiro atoms. The number of hydrogen-bond donors (Lipinski definition) is 1. The number of aliphatic hydroxyl groups is 1. The zero-order valence-corrected chi connectivity index (χ0v) is 25.2. The number of halogens is 6. The molecule has 1 N–H and O–H groups in total. The van der Waals surface area contributed by atoms with E-state index in [1.165, 1.54) is 65.7 Å². The lowest BCUT2D eigenvalue weighted by Crippen LogP contribution is -2.16. The van der Waals surface area contributed by atoms with Gasteiger partial charge in [0, 0.05) is 30.0 Å². The highest BCUT2D eigenvalue weighted by Crippen LogP contribution is 2.36. The molecule has 5 rings (SSSR count). The maximum Gasteiger partial charge on any atom is 0.573 e. The lowest BCUT2D eigenvalue weighted by molar-refractivity contribution is -0.274. The maximum absolute atomic E-state index is 15.1. The van der Waals surface area contributed by atoms with Gasteiger partial charge in [0.1, 0.15) is 23.1 Å². The summed E-state index contributed by atoms with van der Waals surface area (Å²) in [6, 6.07) is 11.6. The Morgan fingerprint density at radius 2 is 1.61 bits per heavy atom. The van der Waals surface area contributed by atoms with E-state index in [4.69, 9.17) is 0 Å². The number of rotatable bonds is 9. The van der Waals surface area contributed by atoms with Gasteiger partial charge in [-0.2, -0.15) is 8.78 Å². The highest BCUT2D eigenvalue weighted by molar-refractivity contribution is 7.90. The summed E-state index contributed by atoms with van der Waals surface area (Å²) in [4.78, 5) is 3.62. The third kappa shape index (κ3) is 6.48. The predicted octanol–water partition coefficient (Wildman–Crippen LogP) is 6.53. The van der Waals surface area contributed by atoms with E-state index in [-0.39, 0.29) is 34.0 Å². The molecule has 3 aromatic carbocycles. The van der Waals surface area contributed by atoms with Crippen molar-refractivity contribution in [3.63, 3.8) is 0 Å². The second kappa shape index (κ2) is 11.9. The summed E-state index contributed by atoms with van der Waals surface area (Å²) in [6.07, 6.45) is -2.05. The predicted molar refractivity (Wildman–Crippen MR) is 154 cm³/mol. The van der Waals surface area contributed by atoms with Crippen LogP contribution in [0.1, 0.15) is 30.4 Å². The zero-order valence-electron chi connectivity index (χ0n) is 24.3. The Morgan fingerprint density at radius 1 is 0.935 bits per heavy atom. The van der Waals surface area contributed by atoms with Gasteiger partial charge in [-0.3, -0.25) is 0 Å². The highest BCUT2D eigenvalue weighted by atomic mass is 32.2. The van der Waals surface area contributed by atoms with Crippen molar-refractivity contribution in [3.8, 4) is 39.5 Å². The SMILES string of the molecule is CCC(F)(F)c1cn(-c2ccc(-c3cc(F)c(CO)c(S(C)(=O)=O)c3)cc2-n2nncc2-c2ccc(OC(F)(F)F)cc2)c(C)n1. The molecule has 46 heavy (non-hydrogen) atoms. The number of benzene rings is 3. The van der Waals surface area contributed by atoms with Crippen molar-refractivity contribution >= 4 is 9.84 Å². The van der Waals surface area contributed by atoms with Gasteiger partial charge in [-0.25, -0.2) is 22.5 Å². The summed E-state index contributed by atoms with van der Waals surface area (Å²) in [5, 5.41) is 17.7. The normalized spacial score (nSPS) is 12.5. The Hall–Kier alpha value is -4.70. The molecule has 0 bridgehead atoms. The van der Waals surface area contributed by atoms with Crippen LogP contribution in [0.15, 0.2) is 71.9 Å². The first-order chi connectivity index (χ1) is 21.5. The van der Waals surface area contributed by atoms with Gasteiger partial charge in [-0.1, -0.05) is 18.2 Å². The van der Waals surface area contributed by atoms with Gasteiger partial charge in [-0.05, 0) is 66.6 Å². The number of nitrogens with zero attached hydrogens (tertiary/aromatic N) is 5. The van der Waals surface area contributed by atoms with Crippen molar-refractivity contribution in [2.75, 3.05) is 6.26 Å². The summed E-state index contributed by atoms with van der Waals surface area (Å²) in [5.41, 5.74) is 0.588. The van der Waals surface area contributed by atoms with Crippen LogP contribution in [0, 0.1) is 12.7 Å². The van der Waals surface area contributed by atoms with E-state index < -0.39 is 62.9 Å². The van der Waals surface area contributed by atoms with Crippen molar-refractivity contribution in [1.82, 2.24) is 24.5 Å². The molecule has 9 nitrogen and oxygen atoms in total. The van der Waals surface area contributed by atoms with Crippen LogP contribution in [0.25, 0.3) is 33.8 Å². The van der Waals surface area contributed by atoms with Crippen LogP contribution in [-0.4, -0.2) is 50.7 Å². The Morgan fingerprint density at radius 3 is 2.22 bits per heavy atom. The second-order valence-corrected chi connectivity index (χ2v) is 12.3. The molecule has 2 heterocycles. The standard InChI is InChI=1S/C30H25F6N5O4S/c1-4-29(32,33)28-15-40(17(2)38-28)24-10-7-19(20-11-23(31)22(16-42)27(13-20)46(3,43)44)12-25(24)41-26(14-37-39-41)18-5-8-21(9-6-18)45-30(34,35)36/h5-15,42H,4,16H2,1-3H3. The smallest absolute Gasteiger partial charge is 0.406 e. The van der Waals surface area contributed by atoms with Crippen molar-refractivity contribution < 1.29 is 44.6 Å². The van der Waals surface area contributed by atoms with Gasteiger partial charge < -0.3 is 14.4 Å². The van der Waals surface area contributed by atoms with Crippen LogP contribution in [0.2, 0.25) is 0 Å². The average molecular weight is 666 g/mol. The average Bonchev–Trinajstić information content (AvgIpc) is 3.63. The van der Waals surface area contributed by atoms with Gasteiger partial charge >= 0.3 is 6.36 Å². The van der Waals surface area contributed by atoms with Gasteiger partial charge in [0.25, 0.3) is 5.92 Å². The molecule has 5 aromatic rings. The number of aromatic nitrogens is 5. The van der Waals surface area contributed by atoms with Crippen molar-refractivity contribution in [2.24, 2.45) is 0 Å². The highest BCUT2D eigenvalue weighted by Gasteiger charge is 2.33. The molecule has 0 radical (unpaired) electrons. The van der Waals surface area contributed by atoms with E-state index in [2.05, 4.69) is 20.0 Å². The number of aliphatic hydroxyl groups excluding tert-OH is 1. The quantitative estimate of drug-likeness (QED) is 0.178. The topological polar surface area (TPSA) is 112 Å². The minimum atomic E-state index is -4.90. The Bertz CT molecular complexity index is 2020. The van der Waals surface area contributed by atoms with Crippen LogP contribution in [0.5, 0.6) is 5.75 Å². The molecule has 0 atom stereocenters. The zero-order chi connectivity index (χ0) is 33.6. The van der Waals surface area contributed by atoms with E-state index in [0.717, 1.165) is 30.7 Å². The molecule has 0 aliphatic heterocycles. The Labute approximate surface area is 258 Å². The summed E-state index contributed by atoms with van der Waals surface area (Å²) >= 11 is 0. The van der Waals surface area contributed by atoms with Crippen LogP contribution in [0.4, 0.5) is 26.3 Å². The third-order valence-corrected chi connectivity index (χ3v) is 8.31.